The van der Waals surface area contributed by atoms with E-state index in [0.29, 0.717) is 5.75 Å². The van der Waals surface area contributed by atoms with Gasteiger partial charge in [-0.15, -0.1) is 0 Å². The molecule has 1 N–H and O–H groups in total. The molecular formula is C20H26O4S. The Morgan fingerprint density at radius 2 is 1.56 bits per heavy atom. The highest BCUT2D eigenvalue weighted by molar-refractivity contribution is 7.85. The van der Waals surface area contributed by atoms with E-state index in [4.69, 9.17) is 9.29 Å². The molecule has 0 saturated carbocycles. The van der Waals surface area contributed by atoms with E-state index in [9.17, 15) is 8.42 Å². The van der Waals surface area contributed by atoms with Gasteiger partial charge < -0.3 is 4.74 Å². The standard InChI is InChI=1S/C20H26O4S/c1-2-3-4-5-6-7-9-17-10-8-11-19(16-17)24-18-12-14-20(15-13-18)25(21,22)23/h8,10-16H,2-7,9H2,1H3,(H,21,22,23). The number of aryl methyl sites for hydroxylation is 1. The van der Waals surface area contributed by atoms with Crippen LogP contribution in [0.15, 0.2) is 53.4 Å². The van der Waals surface area contributed by atoms with Crippen LogP contribution in [-0.2, 0) is 16.5 Å². The quantitative estimate of drug-likeness (QED) is 0.439. The van der Waals surface area contributed by atoms with Gasteiger partial charge in [-0.3, -0.25) is 4.55 Å². The summed E-state index contributed by atoms with van der Waals surface area (Å²) >= 11 is 0. The minimum atomic E-state index is -4.17. The minimum absolute atomic E-state index is 0.142. The molecule has 0 bridgehead atoms. The highest BCUT2D eigenvalue weighted by Gasteiger charge is 2.09. The first kappa shape index (κ1) is 19.5. The molecule has 4 nitrogen and oxygen atoms in total. The lowest BCUT2D eigenvalue weighted by atomic mass is 10.0. The number of unbranched alkanes of at least 4 members (excludes halogenated alkanes) is 5. The van der Waals surface area contributed by atoms with Crippen molar-refractivity contribution in [2.24, 2.45) is 0 Å². The van der Waals surface area contributed by atoms with E-state index < -0.39 is 10.1 Å². The van der Waals surface area contributed by atoms with Crippen molar-refractivity contribution in [1.82, 2.24) is 0 Å². The Hall–Kier alpha value is -1.85. The molecule has 25 heavy (non-hydrogen) atoms. The molecule has 2 aromatic carbocycles. The fourth-order valence-electron chi connectivity index (χ4n) is 2.69. The van der Waals surface area contributed by atoms with Gasteiger partial charge >= 0.3 is 0 Å². The summed E-state index contributed by atoms with van der Waals surface area (Å²) in [5.74, 6) is 1.26. The summed E-state index contributed by atoms with van der Waals surface area (Å²) < 4.78 is 36.8. The topological polar surface area (TPSA) is 63.6 Å². The Morgan fingerprint density at radius 1 is 0.880 bits per heavy atom. The molecule has 0 aliphatic carbocycles. The van der Waals surface area contributed by atoms with E-state index in [1.165, 1.54) is 68.4 Å². The van der Waals surface area contributed by atoms with Crippen LogP contribution in [0.2, 0.25) is 0 Å². The van der Waals surface area contributed by atoms with Crippen molar-refractivity contribution in [2.45, 2.75) is 56.8 Å². The first-order chi connectivity index (χ1) is 12.0. The SMILES string of the molecule is CCCCCCCCc1cccc(Oc2ccc(S(=O)(=O)O)cc2)c1. The van der Waals surface area contributed by atoms with E-state index in [1.807, 2.05) is 18.2 Å². The van der Waals surface area contributed by atoms with Crippen LogP contribution in [0.3, 0.4) is 0 Å². The maximum absolute atomic E-state index is 11.0. The normalized spacial score (nSPS) is 11.4. The van der Waals surface area contributed by atoms with Gasteiger partial charge in [-0.25, -0.2) is 0 Å². The van der Waals surface area contributed by atoms with Crippen LogP contribution >= 0.6 is 0 Å². The second kappa shape index (κ2) is 9.59. The molecular weight excluding hydrogens is 336 g/mol. The summed E-state index contributed by atoms with van der Waals surface area (Å²) in [6, 6.07) is 13.7. The smallest absolute Gasteiger partial charge is 0.294 e. The average Bonchev–Trinajstić information content (AvgIpc) is 2.58. The molecule has 2 rings (SSSR count). The van der Waals surface area contributed by atoms with Crippen LogP contribution in [0.1, 0.15) is 51.0 Å². The zero-order chi connectivity index (χ0) is 18.1. The second-order valence-corrected chi connectivity index (χ2v) is 7.64. The van der Waals surface area contributed by atoms with Crippen LogP contribution in [-0.4, -0.2) is 13.0 Å². The van der Waals surface area contributed by atoms with E-state index in [1.54, 1.807) is 0 Å². The zero-order valence-corrected chi connectivity index (χ0v) is 15.5. The first-order valence-electron chi connectivity index (χ1n) is 8.83. The third-order valence-electron chi connectivity index (χ3n) is 4.07. The third kappa shape index (κ3) is 6.88. The van der Waals surface area contributed by atoms with Crippen LogP contribution in [0.4, 0.5) is 0 Å². The van der Waals surface area contributed by atoms with E-state index >= 15 is 0 Å². The molecule has 0 aliphatic rings. The van der Waals surface area contributed by atoms with Gasteiger partial charge in [-0.1, -0.05) is 51.2 Å². The molecule has 0 amide bonds. The molecule has 0 heterocycles. The Balaban J connectivity index is 1.88. The number of hydrogen-bond acceptors (Lipinski definition) is 3. The largest absolute Gasteiger partial charge is 0.457 e. The van der Waals surface area contributed by atoms with Crippen molar-refractivity contribution in [2.75, 3.05) is 0 Å². The maximum Gasteiger partial charge on any atom is 0.294 e. The molecule has 0 atom stereocenters. The Bertz CT molecular complexity index is 752. The summed E-state index contributed by atoms with van der Waals surface area (Å²) in [7, 11) is -4.17. The van der Waals surface area contributed by atoms with Crippen LogP contribution in [0.25, 0.3) is 0 Å². The molecule has 5 heteroatoms. The molecule has 0 unspecified atom stereocenters. The summed E-state index contributed by atoms with van der Waals surface area (Å²) in [5, 5.41) is 0. The molecule has 0 spiro atoms. The van der Waals surface area contributed by atoms with Gasteiger partial charge in [-0.2, -0.15) is 8.42 Å². The number of ether oxygens (including phenoxy) is 1. The summed E-state index contributed by atoms with van der Waals surface area (Å²) in [4.78, 5) is -0.142. The van der Waals surface area contributed by atoms with Crippen molar-refractivity contribution in [3.05, 3.63) is 54.1 Å². The molecule has 0 fully saturated rings. The fraction of sp³-hybridized carbons (Fsp3) is 0.400. The highest BCUT2D eigenvalue weighted by atomic mass is 32.2. The van der Waals surface area contributed by atoms with Gasteiger partial charge in [0.05, 0.1) is 4.90 Å². The van der Waals surface area contributed by atoms with Crippen LogP contribution < -0.4 is 4.74 Å². The fourth-order valence-corrected chi connectivity index (χ4v) is 3.17. The number of rotatable bonds is 10. The van der Waals surface area contributed by atoms with Crippen molar-refractivity contribution >= 4 is 10.1 Å². The molecule has 2 aromatic rings. The first-order valence-corrected chi connectivity index (χ1v) is 10.3. The lowest BCUT2D eigenvalue weighted by molar-refractivity contribution is 0.477. The van der Waals surface area contributed by atoms with Crippen molar-refractivity contribution in [3.63, 3.8) is 0 Å². The zero-order valence-electron chi connectivity index (χ0n) is 14.6. The van der Waals surface area contributed by atoms with E-state index in [0.717, 1.165) is 12.2 Å². The van der Waals surface area contributed by atoms with Crippen molar-refractivity contribution in [3.8, 4) is 11.5 Å². The minimum Gasteiger partial charge on any atom is -0.457 e. The second-order valence-electron chi connectivity index (χ2n) is 6.21. The highest BCUT2D eigenvalue weighted by Crippen LogP contribution is 2.24. The summed E-state index contributed by atoms with van der Waals surface area (Å²) in [5.41, 5.74) is 1.24. The molecule has 0 saturated heterocycles. The molecule has 136 valence electrons. The Kier molecular flexibility index (Phi) is 7.47. The number of hydrogen-bond donors (Lipinski definition) is 1. The lowest BCUT2D eigenvalue weighted by Crippen LogP contribution is -1.97. The summed E-state index contributed by atoms with van der Waals surface area (Å²) in [6.07, 6.45) is 8.66. The van der Waals surface area contributed by atoms with E-state index in [2.05, 4.69) is 13.0 Å². The van der Waals surface area contributed by atoms with Gasteiger partial charge in [0.15, 0.2) is 0 Å². The van der Waals surface area contributed by atoms with E-state index in [-0.39, 0.29) is 4.90 Å². The van der Waals surface area contributed by atoms with Crippen LogP contribution in [0.5, 0.6) is 11.5 Å². The van der Waals surface area contributed by atoms with Gasteiger partial charge in [-0.05, 0) is 54.8 Å². The third-order valence-corrected chi connectivity index (χ3v) is 4.94. The predicted octanol–water partition coefficient (Wildman–Crippen LogP) is 5.63. The Labute approximate surface area is 150 Å². The molecule has 0 aromatic heterocycles. The van der Waals surface area contributed by atoms with Crippen LogP contribution in [0, 0.1) is 0 Å². The maximum atomic E-state index is 11.0. The van der Waals surface area contributed by atoms with Gasteiger partial charge in [0.25, 0.3) is 10.1 Å². The Morgan fingerprint density at radius 3 is 2.24 bits per heavy atom. The number of benzene rings is 2. The summed E-state index contributed by atoms with van der Waals surface area (Å²) in [6.45, 7) is 2.22. The predicted molar refractivity (Wildman–Crippen MR) is 99.9 cm³/mol. The monoisotopic (exact) mass is 362 g/mol. The average molecular weight is 362 g/mol. The molecule has 0 aliphatic heterocycles. The van der Waals surface area contributed by atoms with Crippen molar-refractivity contribution < 1.29 is 17.7 Å². The van der Waals surface area contributed by atoms with Gasteiger partial charge in [0.1, 0.15) is 11.5 Å². The lowest BCUT2D eigenvalue weighted by Gasteiger charge is -2.08. The van der Waals surface area contributed by atoms with Crippen molar-refractivity contribution in [1.29, 1.82) is 0 Å². The van der Waals surface area contributed by atoms with Gasteiger partial charge in [0, 0.05) is 0 Å². The molecule has 0 radical (unpaired) electrons. The van der Waals surface area contributed by atoms with Gasteiger partial charge in [0.2, 0.25) is 0 Å².